The summed E-state index contributed by atoms with van der Waals surface area (Å²) in [6.07, 6.45) is 2.20. The third-order valence-corrected chi connectivity index (χ3v) is 5.77. The van der Waals surface area contributed by atoms with Gasteiger partial charge < -0.3 is 9.72 Å². The van der Waals surface area contributed by atoms with Crippen molar-refractivity contribution in [1.29, 1.82) is 0 Å². The second-order valence-corrected chi connectivity index (χ2v) is 7.09. The summed E-state index contributed by atoms with van der Waals surface area (Å²) < 4.78 is 5.54. The molecule has 0 radical (unpaired) electrons. The highest BCUT2D eigenvalue weighted by Crippen LogP contribution is 2.41. The maximum atomic E-state index is 5.54. The predicted molar refractivity (Wildman–Crippen MR) is 96.6 cm³/mol. The van der Waals surface area contributed by atoms with Crippen LogP contribution in [-0.2, 0) is 19.4 Å². The summed E-state index contributed by atoms with van der Waals surface area (Å²) in [5.74, 6) is 1.01. The number of fused-ring (bicyclic) bond motifs is 6. The van der Waals surface area contributed by atoms with E-state index in [0.29, 0.717) is 6.04 Å². The topological polar surface area (TPSA) is 28.3 Å². The number of para-hydroxylation sites is 1. The van der Waals surface area contributed by atoms with Crippen LogP contribution in [0.2, 0.25) is 0 Å². The first-order valence-corrected chi connectivity index (χ1v) is 8.74. The molecule has 5 rings (SSSR count). The highest BCUT2D eigenvalue weighted by molar-refractivity contribution is 5.85. The molecule has 0 saturated heterocycles. The van der Waals surface area contributed by atoms with Crippen LogP contribution in [0.5, 0.6) is 5.75 Å². The Labute approximate surface area is 142 Å². The molecule has 122 valence electrons. The summed E-state index contributed by atoms with van der Waals surface area (Å²) in [5.41, 5.74) is 8.35. The summed E-state index contributed by atoms with van der Waals surface area (Å²) in [6, 6.07) is 13.7. The second kappa shape index (κ2) is 5.12. The van der Waals surface area contributed by atoms with Gasteiger partial charge in [0.25, 0.3) is 0 Å². The summed E-state index contributed by atoms with van der Waals surface area (Å²) in [6.45, 7) is 4.32. The Morgan fingerprint density at radius 3 is 2.92 bits per heavy atom. The molecule has 0 amide bonds. The zero-order valence-corrected chi connectivity index (χ0v) is 14.2. The Morgan fingerprint density at radius 2 is 2.04 bits per heavy atom. The van der Waals surface area contributed by atoms with Gasteiger partial charge in [0.1, 0.15) is 5.75 Å². The number of nitrogens with zero attached hydrogens (tertiary/aromatic N) is 1. The SMILES string of the molecule is COc1cc2c(cc1C)CN1CCc3c([nH]c4ccccc34)[C@@H]1C2. The van der Waals surface area contributed by atoms with Gasteiger partial charge >= 0.3 is 0 Å². The molecule has 3 aromatic rings. The third kappa shape index (κ3) is 1.94. The number of ether oxygens (including phenoxy) is 1. The van der Waals surface area contributed by atoms with Crippen molar-refractivity contribution in [2.45, 2.75) is 32.4 Å². The number of methoxy groups -OCH3 is 1. The van der Waals surface area contributed by atoms with Crippen molar-refractivity contribution in [3.63, 3.8) is 0 Å². The lowest BCUT2D eigenvalue weighted by molar-refractivity contribution is 0.158. The summed E-state index contributed by atoms with van der Waals surface area (Å²) >= 11 is 0. The monoisotopic (exact) mass is 318 g/mol. The van der Waals surface area contributed by atoms with E-state index in [2.05, 4.69) is 53.2 Å². The van der Waals surface area contributed by atoms with Crippen molar-refractivity contribution in [2.75, 3.05) is 13.7 Å². The van der Waals surface area contributed by atoms with Crippen LogP contribution >= 0.6 is 0 Å². The minimum atomic E-state index is 0.459. The van der Waals surface area contributed by atoms with Gasteiger partial charge in [0.05, 0.1) is 13.2 Å². The molecule has 3 heterocycles. The van der Waals surface area contributed by atoms with E-state index in [-0.39, 0.29) is 0 Å². The fourth-order valence-electron chi connectivity index (χ4n) is 4.56. The zero-order valence-electron chi connectivity index (χ0n) is 14.2. The molecule has 1 aromatic heterocycles. The van der Waals surface area contributed by atoms with Gasteiger partial charge in [-0.1, -0.05) is 24.3 Å². The van der Waals surface area contributed by atoms with Gasteiger partial charge in [0, 0.05) is 29.7 Å². The quantitative estimate of drug-likeness (QED) is 0.730. The Kier molecular flexibility index (Phi) is 3.01. The Bertz CT molecular complexity index is 940. The van der Waals surface area contributed by atoms with Crippen LogP contribution in [0.3, 0.4) is 0 Å². The molecule has 1 N–H and O–H groups in total. The minimum absolute atomic E-state index is 0.459. The van der Waals surface area contributed by atoms with E-state index < -0.39 is 0 Å². The molecule has 0 saturated carbocycles. The van der Waals surface area contributed by atoms with Gasteiger partial charge in [-0.15, -0.1) is 0 Å². The average Bonchev–Trinajstić information content (AvgIpc) is 2.98. The highest BCUT2D eigenvalue weighted by atomic mass is 16.5. The zero-order chi connectivity index (χ0) is 16.3. The maximum absolute atomic E-state index is 5.54. The lowest BCUT2D eigenvalue weighted by atomic mass is 9.86. The number of hydrogen-bond acceptors (Lipinski definition) is 2. The molecule has 0 fully saturated rings. The Balaban J connectivity index is 1.62. The number of aromatic amines is 1. The third-order valence-electron chi connectivity index (χ3n) is 5.77. The molecular formula is C21H22N2O. The van der Waals surface area contributed by atoms with E-state index in [1.165, 1.54) is 38.9 Å². The summed E-state index contributed by atoms with van der Waals surface area (Å²) in [5, 5.41) is 1.40. The van der Waals surface area contributed by atoms with Crippen molar-refractivity contribution in [1.82, 2.24) is 9.88 Å². The number of nitrogens with one attached hydrogen (secondary N) is 1. The number of aryl methyl sites for hydroxylation is 1. The van der Waals surface area contributed by atoms with Crippen LogP contribution in [0, 0.1) is 6.92 Å². The molecule has 0 spiro atoms. The first-order chi connectivity index (χ1) is 11.7. The lowest BCUT2D eigenvalue weighted by Crippen LogP contribution is -2.39. The van der Waals surface area contributed by atoms with Crippen molar-refractivity contribution >= 4 is 10.9 Å². The Hall–Kier alpha value is -2.26. The normalized spacial score (nSPS) is 19.7. The lowest BCUT2D eigenvalue weighted by Gasteiger charge is -2.40. The van der Waals surface area contributed by atoms with E-state index in [1.54, 1.807) is 7.11 Å². The predicted octanol–water partition coefficient (Wildman–Crippen LogP) is 4.14. The van der Waals surface area contributed by atoms with Crippen molar-refractivity contribution < 1.29 is 4.74 Å². The highest BCUT2D eigenvalue weighted by Gasteiger charge is 2.34. The number of rotatable bonds is 1. The maximum Gasteiger partial charge on any atom is 0.122 e. The van der Waals surface area contributed by atoms with E-state index in [9.17, 15) is 0 Å². The van der Waals surface area contributed by atoms with E-state index in [4.69, 9.17) is 4.74 Å². The van der Waals surface area contributed by atoms with Crippen LogP contribution < -0.4 is 4.74 Å². The van der Waals surface area contributed by atoms with Crippen LogP contribution in [0.1, 0.15) is 34.0 Å². The van der Waals surface area contributed by atoms with Gasteiger partial charge in [-0.05, 0) is 54.2 Å². The van der Waals surface area contributed by atoms with Gasteiger partial charge in [-0.25, -0.2) is 0 Å². The molecule has 24 heavy (non-hydrogen) atoms. The van der Waals surface area contributed by atoms with Crippen molar-refractivity contribution in [3.8, 4) is 5.75 Å². The number of H-pyrrole nitrogens is 1. The summed E-state index contributed by atoms with van der Waals surface area (Å²) in [7, 11) is 1.76. The Morgan fingerprint density at radius 1 is 1.17 bits per heavy atom. The fourth-order valence-corrected chi connectivity index (χ4v) is 4.56. The van der Waals surface area contributed by atoms with Gasteiger partial charge in [-0.2, -0.15) is 0 Å². The minimum Gasteiger partial charge on any atom is -0.496 e. The molecule has 2 aliphatic rings. The average molecular weight is 318 g/mol. The van der Waals surface area contributed by atoms with Gasteiger partial charge in [0.2, 0.25) is 0 Å². The van der Waals surface area contributed by atoms with E-state index in [0.717, 1.165) is 31.7 Å². The summed E-state index contributed by atoms with van der Waals surface area (Å²) in [4.78, 5) is 6.34. The van der Waals surface area contributed by atoms with Crippen molar-refractivity contribution in [3.05, 3.63) is 64.3 Å². The molecule has 0 bridgehead atoms. The number of benzene rings is 2. The van der Waals surface area contributed by atoms with Gasteiger partial charge in [0.15, 0.2) is 0 Å². The first-order valence-electron chi connectivity index (χ1n) is 8.74. The molecule has 2 aromatic carbocycles. The molecule has 2 aliphatic heterocycles. The largest absolute Gasteiger partial charge is 0.496 e. The van der Waals surface area contributed by atoms with E-state index in [1.807, 2.05) is 0 Å². The first kappa shape index (κ1) is 14.1. The van der Waals surface area contributed by atoms with Crippen LogP contribution in [0.4, 0.5) is 0 Å². The van der Waals surface area contributed by atoms with Crippen LogP contribution in [0.15, 0.2) is 36.4 Å². The second-order valence-electron chi connectivity index (χ2n) is 7.09. The fraction of sp³-hybridized carbons (Fsp3) is 0.333. The van der Waals surface area contributed by atoms with Crippen LogP contribution in [-0.4, -0.2) is 23.5 Å². The van der Waals surface area contributed by atoms with Gasteiger partial charge in [-0.3, -0.25) is 4.90 Å². The molecule has 3 nitrogen and oxygen atoms in total. The van der Waals surface area contributed by atoms with Crippen LogP contribution in [0.25, 0.3) is 10.9 Å². The standard InChI is InChI=1S/C21H22N2O/c1-13-9-15-12-23-8-7-17-16-5-3-4-6-18(16)22-21(17)19(23)10-14(15)11-20(13)24-2/h3-6,9,11,19,22H,7-8,10,12H2,1-2H3/t19-/m0/s1. The molecular weight excluding hydrogens is 296 g/mol. The number of hydrogen-bond donors (Lipinski definition) is 1. The molecule has 0 unspecified atom stereocenters. The molecule has 3 heteroatoms. The number of aromatic nitrogens is 1. The molecule has 0 aliphatic carbocycles. The van der Waals surface area contributed by atoms with E-state index >= 15 is 0 Å². The van der Waals surface area contributed by atoms with Crippen molar-refractivity contribution in [2.24, 2.45) is 0 Å². The molecule has 1 atom stereocenters. The smallest absolute Gasteiger partial charge is 0.122 e.